The Balaban J connectivity index is 2.17. The van der Waals surface area contributed by atoms with Gasteiger partial charge < -0.3 is 10.2 Å². The van der Waals surface area contributed by atoms with Gasteiger partial charge in [-0.3, -0.25) is 0 Å². The fourth-order valence-electron chi connectivity index (χ4n) is 2.11. The van der Waals surface area contributed by atoms with Crippen LogP contribution in [0.15, 0.2) is 23.6 Å². The quantitative estimate of drug-likeness (QED) is 0.778. The highest BCUT2D eigenvalue weighted by Crippen LogP contribution is 2.27. The summed E-state index contributed by atoms with van der Waals surface area (Å²) >= 11 is 7.35. The van der Waals surface area contributed by atoms with Crippen molar-refractivity contribution >= 4 is 39.4 Å². The maximum absolute atomic E-state index is 5.77. The number of nitrogens with one attached hydrogen (secondary N) is 1. The Bertz CT molecular complexity index is 564. The number of halogens is 1. The van der Waals surface area contributed by atoms with E-state index in [0.29, 0.717) is 5.88 Å². The largest absolute Gasteiger partial charge is 0.372 e. The van der Waals surface area contributed by atoms with Gasteiger partial charge in [0.05, 0.1) is 11.6 Å². The zero-order valence-electron chi connectivity index (χ0n) is 12.1. The van der Waals surface area contributed by atoms with Crippen LogP contribution in [0.1, 0.15) is 25.1 Å². The second-order valence-electron chi connectivity index (χ2n) is 4.57. The lowest BCUT2D eigenvalue weighted by Gasteiger charge is -2.22. The van der Waals surface area contributed by atoms with Crippen molar-refractivity contribution in [2.24, 2.45) is 0 Å². The predicted molar refractivity (Wildman–Crippen MR) is 89.7 cm³/mol. The summed E-state index contributed by atoms with van der Waals surface area (Å²) in [6, 6.07) is 6.48. The summed E-state index contributed by atoms with van der Waals surface area (Å²) in [4.78, 5) is 6.76. The van der Waals surface area contributed by atoms with Crippen molar-refractivity contribution in [3.8, 4) is 0 Å². The maximum atomic E-state index is 5.77. The summed E-state index contributed by atoms with van der Waals surface area (Å²) in [6.45, 7) is 8.51. The van der Waals surface area contributed by atoms with Gasteiger partial charge in [0.25, 0.3) is 0 Å². The van der Waals surface area contributed by atoms with Crippen molar-refractivity contribution < 1.29 is 0 Å². The highest BCUT2D eigenvalue weighted by atomic mass is 35.5. The van der Waals surface area contributed by atoms with Crippen LogP contribution >= 0.6 is 22.9 Å². The molecule has 1 heterocycles. The van der Waals surface area contributed by atoms with E-state index in [1.165, 1.54) is 11.3 Å². The molecule has 0 saturated heterocycles. The SMILES string of the molecule is CCN(CC)c1ccc(Nc2nc(CCl)cs2)c(C)c1. The average molecular weight is 310 g/mol. The third-order valence-corrected chi connectivity index (χ3v) is 4.35. The molecule has 0 fully saturated rings. The van der Waals surface area contributed by atoms with Gasteiger partial charge in [-0.25, -0.2) is 4.98 Å². The van der Waals surface area contributed by atoms with Crippen LogP contribution in [-0.4, -0.2) is 18.1 Å². The van der Waals surface area contributed by atoms with Crippen LogP contribution in [0.2, 0.25) is 0 Å². The number of hydrogen-bond donors (Lipinski definition) is 1. The van der Waals surface area contributed by atoms with Gasteiger partial charge in [-0.2, -0.15) is 0 Å². The minimum Gasteiger partial charge on any atom is -0.372 e. The van der Waals surface area contributed by atoms with Crippen molar-refractivity contribution in [2.75, 3.05) is 23.3 Å². The van der Waals surface area contributed by atoms with Crippen molar-refractivity contribution in [3.05, 3.63) is 34.8 Å². The standard InChI is InChI=1S/C15H20ClN3S/c1-4-19(5-2)13-6-7-14(11(3)8-13)18-15-17-12(9-16)10-20-15/h6-8,10H,4-5,9H2,1-3H3,(H,17,18). The minimum atomic E-state index is 0.456. The number of rotatable bonds is 6. The third kappa shape index (κ3) is 3.44. The number of hydrogen-bond acceptors (Lipinski definition) is 4. The first-order valence-corrected chi connectivity index (χ1v) is 8.22. The summed E-state index contributed by atoms with van der Waals surface area (Å²) in [6.07, 6.45) is 0. The smallest absolute Gasteiger partial charge is 0.187 e. The van der Waals surface area contributed by atoms with E-state index in [1.807, 2.05) is 5.38 Å². The molecule has 3 nitrogen and oxygen atoms in total. The first-order valence-electron chi connectivity index (χ1n) is 6.80. The first-order chi connectivity index (χ1) is 9.67. The van der Waals surface area contributed by atoms with Crippen LogP contribution in [0.4, 0.5) is 16.5 Å². The van der Waals surface area contributed by atoms with E-state index < -0.39 is 0 Å². The predicted octanol–water partition coefficient (Wildman–Crippen LogP) is 4.78. The Labute approximate surface area is 129 Å². The molecule has 0 aliphatic carbocycles. The number of thiazole rings is 1. The van der Waals surface area contributed by atoms with Crippen LogP contribution < -0.4 is 10.2 Å². The van der Waals surface area contributed by atoms with Crippen LogP contribution in [0.3, 0.4) is 0 Å². The lowest BCUT2D eigenvalue weighted by molar-refractivity contribution is 0.866. The normalized spacial score (nSPS) is 10.6. The van der Waals surface area contributed by atoms with Crippen LogP contribution in [0.25, 0.3) is 0 Å². The summed E-state index contributed by atoms with van der Waals surface area (Å²) in [5, 5.41) is 6.23. The Morgan fingerprint density at radius 3 is 2.60 bits per heavy atom. The Kier molecular flexibility index (Phi) is 5.26. The summed E-state index contributed by atoms with van der Waals surface area (Å²) < 4.78 is 0. The minimum absolute atomic E-state index is 0.456. The second-order valence-corrected chi connectivity index (χ2v) is 5.70. The van der Waals surface area contributed by atoms with Gasteiger partial charge in [-0.1, -0.05) is 0 Å². The number of alkyl halides is 1. The number of aromatic nitrogens is 1. The molecule has 0 atom stereocenters. The molecule has 0 amide bonds. The molecule has 1 aromatic heterocycles. The molecule has 0 spiro atoms. The molecule has 0 bridgehead atoms. The molecule has 0 unspecified atom stereocenters. The molecular formula is C15H20ClN3S. The molecule has 0 aliphatic heterocycles. The van der Waals surface area contributed by atoms with E-state index in [2.05, 4.69) is 54.2 Å². The fraction of sp³-hybridized carbons (Fsp3) is 0.400. The van der Waals surface area contributed by atoms with Gasteiger partial charge in [-0.15, -0.1) is 22.9 Å². The topological polar surface area (TPSA) is 28.2 Å². The van der Waals surface area contributed by atoms with Gasteiger partial charge in [0.2, 0.25) is 0 Å². The number of anilines is 3. The molecular weight excluding hydrogens is 290 g/mol. The van der Waals surface area contributed by atoms with E-state index in [4.69, 9.17) is 11.6 Å². The monoisotopic (exact) mass is 309 g/mol. The van der Waals surface area contributed by atoms with E-state index in [-0.39, 0.29) is 0 Å². The van der Waals surface area contributed by atoms with Crippen LogP contribution in [0.5, 0.6) is 0 Å². The highest BCUT2D eigenvalue weighted by Gasteiger charge is 2.07. The number of benzene rings is 1. The van der Waals surface area contributed by atoms with Gasteiger partial charge in [0, 0.05) is 29.8 Å². The molecule has 2 aromatic rings. The summed E-state index contributed by atoms with van der Waals surface area (Å²) in [5.41, 5.74) is 4.49. The third-order valence-electron chi connectivity index (χ3n) is 3.27. The van der Waals surface area contributed by atoms with E-state index in [1.54, 1.807) is 11.3 Å². The summed E-state index contributed by atoms with van der Waals surface area (Å²) in [7, 11) is 0. The highest BCUT2D eigenvalue weighted by molar-refractivity contribution is 7.13. The number of nitrogens with zero attached hydrogens (tertiary/aromatic N) is 2. The van der Waals surface area contributed by atoms with Gasteiger partial charge >= 0.3 is 0 Å². The molecule has 0 saturated carbocycles. The van der Waals surface area contributed by atoms with Crippen LogP contribution in [-0.2, 0) is 5.88 Å². The second kappa shape index (κ2) is 6.95. The van der Waals surface area contributed by atoms with Gasteiger partial charge in [-0.05, 0) is 44.5 Å². The lowest BCUT2D eigenvalue weighted by Crippen LogP contribution is -2.21. The maximum Gasteiger partial charge on any atom is 0.187 e. The average Bonchev–Trinajstić information content (AvgIpc) is 2.91. The molecule has 108 valence electrons. The van der Waals surface area contributed by atoms with Crippen molar-refractivity contribution in [3.63, 3.8) is 0 Å². The Morgan fingerprint density at radius 2 is 2.05 bits per heavy atom. The van der Waals surface area contributed by atoms with Crippen molar-refractivity contribution in [1.82, 2.24) is 4.98 Å². The molecule has 1 aromatic carbocycles. The van der Waals surface area contributed by atoms with Gasteiger partial charge in [0.15, 0.2) is 5.13 Å². The Hall–Kier alpha value is -1.26. The molecule has 0 radical (unpaired) electrons. The molecule has 5 heteroatoms. The van der Waals surface area contributed by atoms with Crippen molar-refractivity contribution in [1.29, 1.82) is 0 Å². The molecule has 20 heavy (non-hydrogen) atoms. The molecule has 2 rings (SSSR count). The first kappa shape index (κ1) is 15.1. The van der Waals surface area contributed by atoms with E-state index in [9.17, 15) is 0 Å². The zero-order chi connectivity index (χ0) is 14.5. The van der Waals surface area contributed by atoms with E-state index in [0.717, 1.165) is 29.6 Å². The van der Waals surface area contributed by atoms with E-state index >= 15 is 0 Å². The fourth-order valence-corrected chi connectivity index (χ4v) is 3.07. The van der Waals surface area contributed by atoms with Crippen LogP contribution in [0, 0.1) is 6.92 Å². The number of aryl methyl sites for hydroxylation is 1. The molecule has 0 aliphatic rings. The molecule has 1 N–H and O–H groups in total. The Morgan fingerprint density at radius 1 is 1.30 bits per heavy atom. The van der Waals surface area contributed by atoms with Gasteiger partial charge in [0.1, 0.15) is 0 Å². The lowest BCUT2D eigenvalue weighted by atomic mass is 10.1. The van der Waals surface area contributed by atoms with Crippen molar-refractivity contribution in [2.45, 2.75) is 26.7 Å². The zero-order valence-corrected chi connectivity index (χ0v) is 13.7. The summed E-state index contributed by atoms with van der Waals surface area (Å²) in [5.74, 6) is 0.456.